The Morgan fingerprint density at radius 3 is 2.50 bits per heavy atom. The van der Waals surface area contributed by atoms with E-state index in [1.54, 1.807) is 0 Å². The average molecular weight is 90.1 g/mol. The lowest BCUT2D eigenvalue weighted by atomic mass is 10.8. The smallest absolute Gasteiger partial charge is 0.241 e. The van der Waals surface area contributed by atoms with Crippen LogP contribution >= 0.6 is 0 Å². The molecular formula is C2H6N2O2. The van der Waals surface area contributed by atoms with Crippen LogP contribution in [0.5, 0.6) is 0 Å². The number of hydrogen-bond acceptors (Lipinski definition) is 3. The highest BCUT2D eigenvalue weighted by atomic mass is 16.8. The minimum absolute atomic E-state index is 0.308. The first-order valence-electron chi connectivity index (χ1n) is 1.39. The lowest BCUT2D eigenvalue weighted by Gasteiger charge is -1.89. The molecule has 3 N–H and O–H groups in total. The standard InChI is InChI=1S/C2H6N2O2/c1-2(5)4-6-3/h3H2,1H3,(H,4,5). The zero-order valence-corrected chi connectivity index (χ0v) is 3.39. The van der Waals surface area contributed by atoms with E-state index in [1.165, 1.54) is 6.92 Å². The van der Waals surface area contributed by atoms with Crippen LogP contribution in [0.15, 0.2) is 0 Å². The maximum Gasteiger partial charge on any atom is 0.241 e. The second-order valence-electron chi connectivity index (χ2n) is 0.776. The maximum atomic E-state index is 9.73. The molecule has 0 saturated carbocycles. The van der Waals surface area contributed by atoms with Crippen molar-refractivity contribution in [2.24, 2.45) is 5.90 Å². The molecule has 0 heterocycles. The summed E-state index contributed by atoms with van der Waals surface area (Å²) >= 11 is 0. The monoisotopic (exact) mass is 90.0 g/mol. The highest BCUT2D eigenvalue weighted by molar-refractivity contribution is 5.71. The van der Waals surface area contributed by atoms with E-state index in [1.807, 2.05) is 5.48 Å². The summed E-state index contributed by atoms with van der Waals surface area (Å²) < 4.78 is 0. The number of nitrogens with two attached hydrogens (primary N) is 1. The fourth-order valence-electron chi connectivity index (χ4n) is 0.0830. The molecule has 0 aliphatic heterocycles. The zero-order chi connectivity index (χ0) is 4.99. The summed E-state index contributed by atoms with van der Waals surface area (Å²) in [5, 5.41) is 0. The van der Waals surface area contributed by atoms with Crippen LogP contribution < -0.4 is 11.4 Å². The van der Waals surface area contributed by atoms with Crippen LogP contribution in [-0.4, -0.2) is 5.91 Å². The molecule has 0 aromatic carbocycles. The number of amides is 1. The predicted octanol–water partition coefficient (Wildman–Crippen LogP) is -1.07. The van der Waals surface area contributed by atoms with E-state index < -0.39 is 0 Å². The third-order valence-electron chi connectivity index (χ3n) is 0.203. The minimum Gasteiger partial charge on any atom is -0.273 e. The van der Waals surface area contributed by atoms with Crippen molar-refractivity contribution in [3.05, 3.63) is 0 Å². The largest absolute Gasteiger partial charge is 0.273 e. The summed E-state index contributed by atoms with van der Waals surface area (Å²) in [5.41, 5.74) is 1.85. The number of nitrogens with one attached hydrogen (secondary N) is 1. The second kappa shape index (κ2) is 2.62. The summed E-state index contributed by atoms with van der Waals surface area (Å²) in [4.78, 5) is 13.4. The van der Waals surface area contributed by atoms with Crippen molar-refractivity contribution in [2.75, 3.05) is 0 Å². The zero-order valence-electron chi connectivity index (χ0n) is 3.39. The van der Waals surface area contributed by atoms with Crippen LogP contribution in [0.3, 0.4) is 0 Å². The topological polar surface area (TPSA) is 64.3 Å². The van der Waals surface area contributed by atoms with Gasteiger partial charge in [0.1, 0.15) is 0 Å². The van der Waals surface area contributed by atoms with E-state index in [4.69, 9.17) is 0 Å². The van der Waals surface area contributed by atoms with Crippen molar-refractivity contribution in [3.8, 4) is 0 Å². The highest BCUT2D eigenvalue weighted by Crippen LogP contribution is 1.50. The first-order valence-corrected chi connectivity index (χ1v) is 1.39. The summed E-state index contributed by atoms with van der Waals surface area (Å²) in [5.74, 6) is 4.09. The average Bonchev–Trinajstić information content (AvgIpc) is 1.35. The number of hydrogen-bond donors (Lipinski definition) is 2. The number of hydroxylamine groups is 1. The van der Waals surface area contributed by atoms with Crippen molar-refractivity contribution in [3.63, 3.8) is 0 Å². The quantitative estimate of drug-likeness (QED) is 0.403. The molecule has 6 heavy (non-hydrogen) atoms. The number of carbonyl (C=O) groups excluding carboxylic acids is 1. The van der Waals surface area contributed by atoms with E-state index in [0.29, 0.717) is 0 Å². The summed E-state index contributed by atoms with van der Waals surface area (Å²) in [7, 11) is 0. The van der Waals surface area contributed by atoms with Gasteiger partial charge in [0.2, 0.25) is 5.91 Å². The Labute approximate surface area is 35.2 Å². The first kappa shape index (κ1) is 5.39. The predicted molar refractivity (Wildman–Crippen MR) is 19.1 cm³/mol. The van der Waals surface area contributed by atoms with Gasteiger partial charge in [0.15, 0.2) is 0 Å². The van der Waals surface area contributed by atoms with Crippen molar-refractivity contribution in [1.82, 2.24) is 5.48 Å². The molecule has 0 atom stereocenters. The molecule has 0 fully saturated rings. The second-order valence-corrected chi connectivity index (χ2v) is 0.776. The Morgan fingerprint density at radius 2 is 2.50 bits per heavy atom. The SMILES string of the molecule is CC(=O)NON. The molecular weight excluding hydrogens is 84.0 g/mol. The Morgan fingerprint density at radius 1 is 2.00 bits per heavy atom. The molecule has 4 nitrogen and oxygen atoms in total. The first-order chi connectivity index (χ1) is 2.77. The van der Waals surface area contributed by atoms with Crippen molar-refractivity contribution in [1.29, 1.82) is 0 Å². The lowest BCUT2D eigenvalue weighted by Crippen LogP contribution is -2.23. The Kier molecular flexibility index (Phi) is 2.35. The Bertz CT molecular complexity index is 53.5. The van der Waals surface area contributed by atoms with Crippen molar-refractivity contribution in [2.45, 2.75) is 6.92 Å². The van der Waals surface area contributed by atoms with Gasteiger partial charge in [-0.25, -0.2) is 5.48 Å². The van der Waals surface area contributed by atoms with Gasteiger partial charge in [0.25, 0.3) is 0 Å². The van der Waals surface area contributed by atoms with Crippen LogP contribution in [0.1, 0.15) is 6.92 Å². The van der Waals surface area contributed by atoms with E-state index in [0.717, 1.165) is 0 Å². The van der Waals surface area contributed by atoms with Gasteiger partial charge < -0.3 is 0 Å². The van der Waals surface area contributed by atoms with Crippen LogP contribution in [0.2, 0.25) is 0 Å². The van der Waals surface area contributed by atoms with Gasteiger partial charge in [-0.3, -0.25) is 4.79 Å². The van der Waals surface area contributed by atoms with Crippen molar-refractivity contribution >= 4 is 5.91 Å². The van der Waals surface area contributed by atoms with E-state index in [9.17, 15) is 4.79 Å². The molecule has 36 valence electrons. The third kappa shape index (κ3) is 3.39. The molecule has 0 rings (SSSR count). The molecule has 4 heteroatoms. The van der Waals surface area contributed by atoms with Crippen LogP contribution in [0.4, 0.5) is 0 Å². The van der Waals surface area contributed by atoms with Gasteiger partial charge >= 0.3 is 0 Å². The summed E-state index contributed by atoms with van der Waals surface area (Å²) in [6.45, 7) is 1.30. The third-order valence-corrected chi connectivity index (χ3v) is 0.203. The van der Waals surface area contributed by atoms with E-state index >= 15 is 0 Å². The molecule has 0 spiro atoms. The molecule has 0 bridgehead atoms. The van der Waals surface area contributed by atoms with Crippen LogP contribution in [-0.2, 0) is 9.73 Å². The van der Waals surface area contributed by atoms with E-state index in [-0.39, 0.29) is 5.91 Å². The van der Waals surface area contributed by atoms with Gasteiger partial charge in [0.05, 0.1) is 0 Å². The highest BCUT2D eigenvalue weighted by Gasteiger charge is 1.80. The molecule has 0 radical (unpaired) electrons. The molecule has 1 amide bonds. The number of rotatable bonds is 1. The van der Waals surface area contributed by atoms with E-state index in [2.05, 4.69) is 10.8 Å². The molecule has 0 aromatic rings. The Balaban J connectivity index is 2.83. The van der Waals surface area contributed by atoms with Crippen LogP contribution in [0.25, 0.3) is 0 Å². The lowest BCUT2D eigenvalue weighted by molar-refractivity contribution is -0.131. The molecule has 0 saturated heterocycles. The molecule has 0 aliphatic rings. The van der Waals surface area contributed by atoms with Gasteiger partial charge in [-0.1, -0.05) is 0 Å². The van der Waals surface area contributed by atoms with Gasteiger partial charge in [0, 0.05) is 6.92 Å². The minimum atomic E-state index is -0.308. The summed E-state index contributed by atoms with van der Waals surface area (Å²) in [6, 6.07) is 0. The van der Waals surface area contributed by atoms with Crippen LogP contribution in [0, 0.1) is 0 Å². The van der Waals surface area contributed by atoms with Gasteiger partial charge in [-0.2, -0.15) is 10.8 Å². The number of carbonyl (C=O) groups is 1. The summed E-state index contributed by atoms with van der Waals surface area (Å²) in [6.07, 6.45) is 0. The van der Waals surface area contributed by atoms with Crippen molar-refractivity contribution < 1.29 is 9.73 Å². The maximum absolute atomic E-state index is 9.73. The Hall–Kier alpha value is -0.610. The fourth-order valence-corrected chi connectivity index (χ4v) is 0.0830. The molecule has 0 unspecified atom stereocenters. The normalized spacial score (nSPS) is 7.67. The van der Waals surface area contributed by atoms with Gasteiger partial charge in [-0.05, 0) is 0 Å². The molecule has 0 aliphatic carbocycles. The molecule has 0 aromatic heterocycles. The van der Waals surface area contributed by atoms with Gasteiger partial charge in [-0.15, -0.1) is 0 Å². The fraction of sp³-hybridized carbons (Fsp3) is 0.500.